The van der Waals surface area contributed by atoms with E-state index < -0.39 is 9.84 Å². The van der Waals surface area contributed by atoms with E-state index in [2.05, 4.69) is 0 Å². The second kappa shape index (κ2) is 2.50. The van der Waals surface area contributed by atoms with Crippen LogP contribution in [0.5, 0.6) is 0 Å². The number of thioether (sulfide) groups is 1. The number of hydrogen-bond acceptors (Lipinski definition) is 3. The molecule has 0 aromatic rings. The topological polar surface area (TPSA) is 34.1 Å². The second-order valence-corrected chi connectivity index (χ2v) is 5.63. The minimum Gasteiger partial charge on any atom is -0.229 e. The highest BCUT2D eigenvalue weighted by Crippen LogP contribution is 2.21. The van der Waals surface area contributed by atoms with Crippen LogP contribution in [0.25, 0.3) is 0 Å². The van der Waals surface area contributed by atoms with Crippen molar-refractivity contribution in [2.45, 2.75) is 11.7 Å². The molecular formula is C5H10O2S2. The van der Waals surface area contributed by atoms with Crippen LogP contribution in [0, 0.1) is 0 Å². The third kappa shape index (κ3) is 1.86. The molecule has 0 aromatic heterocycles. The van der Waals surface area contributed by atoms with E-state index >= 15 is 0 Å². The fourth-order valence-electron chi connectivity index (χ4n) is 0.947. The highest BCUT2D eigenvalue weighted by Gasteiger charge is 2.26. The van der Waals surface area contributed by atoms with Gasteiger partial charge in [-0.2, -0.15) is 11.8 Å². The molecule has 0 aliphatic carbocycles. The minimum absolute atomic E-state index is 0.370. The van der Waals surface area contributed by atoms with Crippen molar-refractivity contribution < 1.29 is 8.42 Å². The number of hydrogen-bond donors (Lipinski definition) is 0. The summed E-state index contributed by atoms with van der Waals surface area (Å²) >= 11 is 1.66. The molecule has 0 unspecified atom stereocenters. The molecule has 0 aromatic carbocycles. The Balaban J connectivity index is 2.58. The van der Waals surface area contributed by atoms with Crippen LogP contribution in [0.2, 0.25) is 0 Å². The Kier molecular flexibility index (Phi) is 2.06. The Labute approximate surface area is 59.9 Å². The second-order valence-electron chi connectivity index (χ2n) is 2.26. The summed E-state index contributed by atoms with van der Waals surface area (Å²) in [5.41, 5.74) is 0. The van der Waals surface area contributed by atoms with Crippen molar-refractivity contribution in [3.05, 3.63) is 0 Å². The molecule has 1 fully saturated rings. The molecule has 2 nitrogen and oxygen atoms in total. The zero-order chi connectivity index (χ0) is 6.91. The lowest BCUT2D eigenvalue weighted by atomic mass is 10.4. The monoisotopic (exact) mass is 166 g/mol. The molecule has 0 saturated carbocycles. The van der Waals surface area contributed by atoms with Crippen LogP contribution in [0.4, 0.5) is 0 Å². The first-order valence-corrected chi connectivity index (χ1v) is 5.98. The molecule has 0 spiro atoms. The highest BCUT2D eigenvalue weighted by atomic mass is 32.2. The van der Waals surface area contributed by atoms with Gasteiger partial charge in [-0.05, 0) is 12.7 Å². The van der Waals surface area contributed by atoms with E-state index in [9.17, 15) is 8.42 Å². The van der Waals surface area contributed by atoms with Crippen LogP contribution < -0.4 is 0 Å². The average Bonchev–Trinajstić information content (AvgIpc) is 2.10. The maximum Gasteiger partial charge on any atom is 0.151 e. The van der Waals surface area contributed by atoms with Crippen molar-refractivity contribution in [2.75, 3.05) is 17.8 Å². The van der Waals surface area contributed by atoms with E-state index in [0.29, 0.717) is 16.8 Å². The minimum atomic E-state index is -2.63. The van der Waals surface area contributed by atoms with Gasteiger partial charge in [0.25, 0.3) is 0 Å². The van der Waals surface area contributed by atoms with E-state index in [1.54, 1.807) is 11.8 Å². The van der Waals surface area contributed by atoms with Gasteiger partial charge in [-0.1, -0.05) is 0 Å². The fraction of sp³-hybridized carbons (Fsp3) is 1.00. The molecule has 0 radical (unpaired) electrons. The number of sulfone groups is 1. The predicted octanol–water partition coefficient (Wildman–Crippen LogP) is 0.536. The van der Waals surface area contributed by atoms with Gasteiger partial charge in [0.15, 0.2) is 9.84 Å². The molecular weight excluding hydrogens is 156 g/mol. The van der Waals surface area contributed by atoms with Gasteiger partial charge >= 0.3 is 0 Å². The standard InChI is InChI=1S/C5H10O2S2/c1-8-5-2-3-9(6,7)4-5/h5H,2-4H2,1H3/t5-/m0/s1. The normalized spacial score (nSPS) is 32.8. The molecule has 54 valence electrons. The lowest BCUT2D eigenvalue weighted by Gasteiger charge is -1.98. The molecule has 4 heteroatoms. The van der Waals surface area contributed by atoms with Gasteiger partial charge in [-0.3, -0.25) is 0 Å². The molecule has 0 amide bonds. The van der Waals surface area contributed by atoms with Crippen molar-refractivity contribution >= 4 is 21.6 Å². The largest absolute Gasteiger partial charge is 0.229 e. The van der Waals surface area contributed by atoms with Gasteiger partial charge in [0.05, 0.1) is 11.5 Å². The van der Waals surface area contributed by atoms with Crippen molar-refractivity contribution in [2.24, 2.45) is 0 Å². The molecule has 9 heavy (non-hydrogen) atoms. The molecule has 1 rings (SSSR count). The highest BCUT2D eigenvalue weighted by molar-refractivity contribution is 8.01. The van der Waals surface area contributed by atoms with Crippen LogP contribution in [0.3, 0.4) is 0 Å². The summed E-state index contributed by atoms with van der Waals surface area (Å²) in [5.74, 6) is 0.798. The van der Waals surface area contributed by atoms with Gasteiger partial charge in [-0.15, -0.1) is 0 Å². The van der Waals surface area contributed by atoms with Crippen molar-refractivity contribution in [1.82, 2.24) is 0 Å². The predicted molar refractivity (Wildman–Crippen MR) is 40.6 cm³/mol. The quantitative estimate of drug-likeness (QED) is 0.570. The molecule has 1 heterocycles. The molecule has 0 bridgehead atoms. The molecule has 1 aliphatic heterocycles. The third-order valence-corrected chi connectivity index (χ3v) is 4.57. The maximum absolute atomic E-state index is 10.8. The van der Waals surface area contributed by atoms with E-state index in [0.717, 1.165) is 6.42 Å². The summed E-state index contributed by atoms with van der Waals surface area (Å²) in [6.45, 7) is 0. The Bertz CT molecular complexity index is 183. The van der Waals surface area contributed by atoms with Gasteiger partial charge in [0.2, 0.25) is 0 Å². The molecule has 1 aliphatic rings. The molecule has 0 N–H and O–H groups in total. The summed E-state index contributed by atoms with van der Waals surface area (Å²) in [7, 11) is -2.63. The fourth-order valence-corrected chi connectivity index (χ4v) is 4.16. The van der Waals surface area contributed by atoms with Gasteiger partial charge in [0, 0.05) is 5.25 Å². The SMILES string of the molecule is CS[C@H]1CCS(=O)(=O)C1. The smallest absolute Gasteiger partial charge is 0.151 e. The first kappa shape index (κ1) is 7.41. The van der Waals surface area contributed by atoms with Crippen LogP contribution in [-0.2, 0) is 9.84 Å². The average molecular weight is 166 g/mol. The molecule has 1 saturated heterocycles. The maximum atomic E-state index is 10.8. The van der Waals surface area contributed by atoms with Crippen molar-refractivity contribution in [1.29, 1.82) is 0 Å². The zero-order valence-electron chi connectivity index (χ0n) is 5.33. The summed E-state index contributed by atoms with van der Waals surface area (Å²) in [6.07, 6.45) is 2.81. The zero-order valence-corrected chi connectivity index (χ0v) is 6.96. The van der Waals surface area contributed by atoms with E-state index in [-0.39, 0.29) is 0 Å². The Morgan fingerprint density at radius 2 is 2.22 bits per heavy atom. The van der Waals surface area contributed by atoms with Gasteiger partial charge < -0.3 is 0 Å². The summed E-state index contributed by atoms with van der Waals surface area (Å²) in [5, 5.41) is 0.370. The van der Waals surface area contributed by atoms with Crippen LogP contribution in [0.1, 0.15) is 6.42 Å². The third-order valence-electron chi connectivity index (χ3n) is 1.52. The summed E-state index contributed by atoms with van der Waals surface area (Å²) in [6, 6.07) is 0. The first-order valence-electron chi connectivity index (χ1n) is 2.87. The van der Waals surface area contributed by atoms with Gasteiger partial charge in [-0.25, -0.2) is 8.42 Å². The van der Waals surface area contributed by atoms with E-state index in [4.69, 9.17) is 0 Å². The van der Waals surface area contributed by atoms with Crippen LogP contribution in [-0.4, -0.2) is 31.4 Å². The van der Waals surface area contributed by atoms with E-state index in [1.807, 2.05) is 6.26 Å². The number of rotatable bonds is 1. The van der Waals surface area contributed by atoms with Gasteiger partial charge in [0.1, 0.15) is 0 Å². The van der Waals surface area contributed by atoms with Crippen molar-refractivity contribution in [3.63, 3.8) is 0 Å². The Morgan fingerprint density at radius 1 is 1.56 bits per heavy atom. The van der Waals surface area contributed by atoms with E-state index in [1.165, 1.54) is 0 Å². The lowest BCUT2D eigenvalue weighted by Crippen LogP contribution is -2.05. The summed E-state index contributed by atoms with van der Waals surface area (Å²) < 4.78 is 21.6. The lowest BCUT2D eigenvalue weighted by molar-refractivity contribution is 0.602. The summed E-state index contributed by atoms with van der Waals surface area (Å²) in [4.78, 5) is 0. The Morgan fingerprint density at radius 3 is 2.44 bits per heavy atom. The van der Waals surface area contributed by atoms with Crippen LogP contribution in [0.15, 0.2) is 0 Å². The van der Waals surface area contributed by atoms with Crippen molar-refractivity contribution in [3.8, 4) is 0 Å². The Hall–Kier alpha value is 0.300. The molecule has 1 atom stereocenters. The van der Waals surface area contributed by atoms with Crippen LogP contribution >= 0.6 is 11.8 Å². The first-order chi connectivity index (χ1) is 4.14.